The van der Waals surface area contributed by atoms with E-state index in [4.69, 9.17) is 11.5 Å². The first kappa shape index (κ1) is 23.3. The number of pyridine rings is 1. The predicted octanol–water partition coefficient (Wildman–Crippen LogP) is 2.64. The van der Waals surface area contributed by atoms with E-state index in [9.17, 15) is 22.4 Å². The van der Waals surface area contributed by atoms with Crippen molar-refractivity contribution < 1.29 is 27.1 Å². The Bertz CT molecular complexity index is 797. The number of halogens is 4. The third-order valence-electron chi connectivity index (χ3n) is 4.34. The number of allylic oxidation sites excluding steroid dienone is 2. The molecule has 30 heavy (non-hydrogen) atoms. The largest absolute Gasteiger partial charge is 0.473 e. The molecule has 0 aliphatic heterocycles. The number of nitrogens with two attached hydrogens (primary N) is 2. The molecule has 1 atom stereocenters. The molecule has 1 unspecified atom stereocenters. The Balaban J connectivity index is 1.88. The Morgan fingerprint density at radius 1 is 1.37 bits per heavy atom. The van der Waals surface area contributed by atoms with Gasteiger partial charge in [0.1, 0.15) is 5.82 Å². The zero-order valence-corrected chi connectivity index (χ0v) is 16.4. The molecule has 0 bridgehead atoms. The standard InChI is InChI=1S/C19H25F4N5O2/c1-11(13-6-7-26-16(8-13)27-9-12-2-3-12)28-17(29)14(24)4-5-15(25)30-10-19(22,23)18(20)21/h4-8,11-12,18H,2-3,9-10,24-25H2,1H3,(H,26,27)(H,28,29)/b14-4-,15-5+. The SMILES string of the molecule is CC(NC(=O)/C(N)=C/C=C(\N)OCC(F)(F)C(F)F)c1ccnc(NCC2CC2)c1. The number of rotatable bonds is 11. The molecule has 0 aromatic carbocycles. The molecule has 166 valence electrons. The van der Waals surface area contributed by atoms with Gasteiger partial charge in [-0.25, -0.2) is 13.8 Å². The molecule has 1 saturated carbocycles. The average molecular weight is 431 g/mol. The Kier molecular flexibility index (Phi) is 7.90. The quantitative estimate of drug-likeness (QED) is 0.185. The summed E-state index contributed by atoms with van der Waals surface area (Å²) in [7, 11) is 0. The van der Waals surface area contributed by atoms with E-state index in [1.165, 1.54) is 12.8 Å². The fourth-order valence-corrected chi connectivity index (χ4v) is 2.29. The molecule has 0 spiro atoms. The number of carbonyl (C=O) groups is 1. The minimum absolute atomic E-state index is 0.268. The summed E-state index contributed by atoms with van der Waals surface area (Å²) in [6.07, 6.45) is 2.14. The van der Waals surface area contributed by atoms with Gasteiger partial charge in [0.25, 0.3) is 5.91 Å². The molecular weight excluding hydrogens is 406 g/mol. The molecular formula is C19H25F4N5O2. The van der Waals surface area contributed by atoms with Crippen LogP contribution in [0.15, 0.2) is 42.1 Å². The van der Waals surface area contributed by atoms with Gasteiger partial charge >= 0.3 is 12.3 Å². The highest BCUT2D eigenvalue weighted by molar-refractivity contribution is 5.93. The van der Waals surface area contributed by atoms with Crippen LogP contribution >= 0.6 is 0 Å². The molecule has 1 aliphatic carbocycles. The van der Waals surface area contributed by atoms with Crippen molar-refractivity contribution in [2.45, 2.75) is 38.2 Å². The fraction of sp³-hybridized carbons (Fsp3) is 0.474. The van der Waals surface area contributed by atoms with Crippen molar-refractivity contribution in [3.8, 4) is 0 Å². The van der Waals surface area contributed by atoms with Crippen molar-refractivity contribution >= 4 is 11.7 Å². The minimum atomic E-state index is -4.34. The van der Waals surface area contributed by atoms with Crippen LogP contribution in [-0.4, -0.2) is 36.4 Å². The molecule has 1 heterocycles. The Labute approximate surface area is 171 Å². The van der Waals surface area contributed by atoms with Gasteiger partial charge in [-0.1, -0.05) is 0 Å². The Morgan fingerprint density at radius 3 is 2.70 bits per heavy atom. The lowest BCUT2D eigenvalue weighted by Gasteiger charge is -2.16. The molecule has 11 heteroatoms. The lowest BCUT2D eigenvalue weighted by atomic mass is 10.1. The van der Waals surface area contributed by atoms with E-state index < -0.39 is 36.8 Å². The van der Waals surface area contributed by atoms with Crippen LogP contribution in [0.1, 0.15) is 31.4 Å². The van der Waals surface area contributed by atoms with E-state index in [-0.39, 0.29) is 5.70 Å². The number of nitrogens with one attached hydrogen (secondary N) is 2. The van der Waals surface area contributed by atoms with Crippen molar-refractivity contribution in [3.05, 3.63) is 47.6 Å². The highest BCUT2D eigenvalue weighted by Gasteiger charge is 2.41. The number of anilines is 1. The zero-order valence-electron chi connectivity index (χ0n) is 16.4. The maximum Gasteiger partial charge on any atom is 0.340 e. The highest BCUT2D eigenvalue weighted by atomic mass is 19.3. The summed E-state index contributed by atoms with van der Waals surface area (Å²) < 4.78 is 54.1. The molecule has 2 rings (SSSR count). The lowest BCUT2D eigenvalue weighted by molar-refractivity contribution is -0.158. The molecule has 1 aromatic heterocycles. The van der Waals surface area contributed by atoms with E-state index in [1.807, 2.05) is 6.07 Å². The average Bonchev–Trinajstić information content (AvgIpc) is 3.53. The van der Waals surface area contributed by atoms with Crippen LogP contribution in [-0.2, 0) is 9.53 Å². The summed E-state index contributed by atoms with van der Waals surface area (Å²) in [5, 5.41) is 5.92. The number of aromatic nitrogens is 1. The van der Waals surface area contributed by atoms with Gasteiger partial charge in [-0.05, 0) is 55.5 Å². The van der Waals surface area contributed by atoms with Crippen LogP contribution in [0.5, 0.6) is 0 Å². The molecule has 7 nitrogen and oxygen atoms in total. The number of carbonyl (C=O) groups excluding carboxylic acids is 1. The van der Waals surface area contributed by atoms with Gasteiger partial charge in [0.15, 0.2) is 12.5 Å². The van der Waals surface area contributed by atoms with Gasteiger partial charge in [0.2, 0.25) is 0 Å². The summed E-state index contributed by atoms with van der Waals surface area (Å²) in [6, 6.07) is 3.18. The molecule has 1 fully saturated rings. The number of hydrogen-bond acceptors (Lipinski definition) is 6. The van der Waals surface area contributed by atoms with Gasteiger partial charge in [-0.3, -0.25) is 4.79 Å². The van der Waals surface area contributed by atoms with Crippen molar-refractivity contribution in [3.63, 3.8) is 0 Å². The number of amides is 1. The van der Waals surface area contributed by atoms with Crippen LogP contribution in [0.2, 0.25) is 0 Å². The summed E-state index contributed by atoms with van der Waals surface area (Å²) in [5.41, 5.74) is 11.5. The summed E-state index contributed by atoms with van der Waals surface area (Å²) in [5.74, 6) is -4.16. The Hall–Kier alpha value is -2.98. The molecule has 6 N–H and O–H groups in total. The maximum absolute atomic E-state index is 12.8. The number of alkyl halides is 4. The number of hydrogen-bond donors (Lipinski definition) is 4. The van der Waals surface area contributed by atoms with E-state index in [0.29, 0.717) is 11.7 Å². The molecule has 1 aliphatic rings. The normalized spacial score (nSPS) is 16.3. The smallest absolute Gasteiger partial charge is 0.340 e. The van der Waals surface area contributed by atoms with E-state index in [2.05, 4.69) is 20.4 Å². The third-order valence-corrected chi connectivity index (χ3v) is 4.34. The number of ether oxygens (including phenoxy) is 1. The monoisotopic (exact) mass is 431 g/mol. The minimum Gasteiger partial charge on any atom is -0.473 e. The molecule has 1 aromatic rings. The first-order valence-electron chi connectivity index (χ1n) is 9.31. The predicted molar refractivity (Wildman–Crippen MR) is 103 cm³/mol. The van der Waals surface area contributed by atoms with Crippen LogP contribution in [0.3, 0.4) is 0 Å². The highest BCUT2D eigenvalue weighted by Crippen LogP contribution is 2.29. The van der Waals surface area contributed by atoms with Crippen LogP contribution in [0.4, 0.5) is 23.4 Å². The zero-order chi connectivity index (χ0) is 22.3. The summed E-state index contributed by atoms with van der Waals surface area (Å²) >= 11 is 0. The first-order chi connectivity index (χ1) is 14.1. The maximum atomic E-state index is 12.8. The van der Waals surface area contributed by atoms with Crippen LogP contribution < -0.4 is 22.1 Å². The van der Waals surface area contributed by atoms with E-state index in [1.54, 1.807) is 19.2 Å². The van der Waals surface area contributed by atoms with Gasteiger partial charge in [-0.2, -0.15) is 8.78 Å². The Morgan fingerprint density at radius 2 is 2.07 bits per heavy atom. The number of nitrogens with zero attached hydrogens (tertiary/aromatic N) is 1. The topological polar surface area (TPSA) is 115 Å². The third kappa shape index (κ3) is 7.45. The van der Waals surface area contributed by atoms with Gasteiger partial charge in [0.05, 0.1) is 11.7 Å². The van der Waals surface area contributed by atoms with E-state index >= 15 is 0 Å². The summed E-state index contributed by atoms with van der Waals surface area (Å²) in [4.78, 5) is 16.4. The van der Waals surface area contributed by atoms with Crippen LogP contribution in [0.25, 0.3) is 0 Å². The van der Waals surface area contributed by atoms with E-state index in [0.717, 1.165) is 24.3 Å². The molecule has 0 radical (unpaired) electrons. The van der Waals surface area contributed by atoms with Gasteiger partial charge in [0, 0.05) is 12.7 Å². The first-order valence-corrected chi connectivity index (χ1v) is 9.31. The van der Waals surface area contributed by atoms with Crippen molar-refractivity contribution in [2.24, 2.45) is 17.4 Å². The lowest BCUT2D eigenvalue weighted by Crippen LogP contribution is -2.33. The van der Waals surface area contributed by atoms with Crippen molar-refractivity contribution in [2.75, 3.05) is 18.5 Å². The second kappa shape index (κ2) is 10.2. The van der Waals surface area contributed by atoms with Gasteiger partial charge in [-0.15, -0.1) is 0 Å². The molecule has 1 amide bonds. The second-order valence-electron chi connectivity index (χ2n) is 7.04. The van der Waals surface area contributed by atoms with Crippen molar-refractivity contribution in [1.82, 2.24) is 10.3 Å². The summed E-state index contributed by atoms with van der Waals surface area (Å²) in [6.45, 7) is 1.01. The van der Waals surface area contributed by atoms with Crippen LogP contribution in [0, 0.1) is 5.92 Å². The molecule has 0 saturated heterocycles. The fourth-order valence-electron chi connectivity index (χ4n) is 2.29. The second-order valence-corrected chi connectivity index (χ2v) is 7.04. The van der Waals surface area contributed by atoms with Crippen molar-refractivity contribution in [1.29, 1.82) is 0 Å². The van der Waals surface area contributed by atoms with Gasteiger partial charge < -0.3 is 26.8 Å².